The number of aromatic nitrogens is 1. The fourth-order valence-corrected chi connectivity index (χ4v) is 6.61. The van der Waals surface area contributed by atoms with E-state index in [4.69, 9.17) is 9.84 Å². The number of carboxylic acid groups (broad SMARTS) is 1. The first kappa shape index (κ1) is 30.6. The highest BCUT2D eigenvalue weighted by Gasteiger charge is 2.34. The Morgan fingerprint density at radius 1 is 1.15 bits per heavy atom. The predicted octanol–water partition coefficient (Wildman–Crippen LogP) is 5.97. The zero-order valence-corrected chi connectivity index (χ0v) is 26.0. The van der Waals surface area contributed by atoms with Crippen LogP contribution in [-0.4, -0.2) is 76.6 Å². The third-order valence-corrected chi connectivity index (χ3v) is 8.97. The summed E-state index contributed by atoms with van der Waals surface area (Å²) in [5.74, 6) is 0.755. The topological polar surface area (TPSA) is 144 Å². The van der Waals surface area contributed by atoms with Crippen molar-refractivity contribution in [3.63, 3.8) is 0 Å². The lowest BCUT2D eigenvalue weighted by molar-refractivity contribution is -0.127. The number of likely N-dealkylation sites (tertiary alicyclic amines) is 1. The van der Waals surface area contributed by atoms with Crippen molar-refractivity contribution in [3.05, 3.63) is 83.4 Å². The van der Waals surface area contributed by atoms with Crippen LogP contribution < -0.4 is 20.3 Å². The minimum atomic E-state index is -1.08. The van der Waals surface area contributed by atoms with Gasteiger partial charge in [0.1, 0.15) is 21.2 Å². The second-order valence-electron chi connectivity index (χ2n) is 11.1. The Kier molecular flexibility index (Phi) is 8.57. The molecule has 0 spiro atoms. The van der Waals surface area contributed by atoms with Crippen molar-refractivity contribution >= 4 is 62.6 Å². The number of amides is 5. The van der Waals surface area contributed by atoms with Crippen LogP contribution in [-0.2, 0) is 4.79 Å². The van der Waals surface area contributed by atoms with Crippen LogP contribution in [0.15, 0.2) is 72.9 Å². The molecule has 4 aromatic rings. The van der Waals surface area contributed by atoms with Gasteiger partial charge in [0.05, 0.1) is 22.4 Å². The summed E-state index contributed by atoms with van der Waals surface area (Å²) in [6.45, 7) is 2.85. The number of anilines is 3. The molecule has 1 fully saturated rings. The molecule has 46 heavy (non-hydrogen) atoms. The van der Waals surface area contributed by atoms with Crippen LogP contribution in [0.1, 0.15) is 28.1 Å². The first-order valence-electron chi connectivity index (χ1n) is 14.8. The van der Waals surface area contributed by atoms with Gasteiger partial charge in [-0.25, -0.2) is 14.6 Å². The van der Waals surface area contributed by atoms with E-state index in [0.29, 0.717) is 69.6 Å². The first-order valence-corrected chi connectivity index (χ1v) is 15.6. The largest absolute Gasteiger partial charge is 0.465 e. The maximum atomic E-state index is 13.6. The summed E-state index contributed by atoms with van der Waals surface area (Å²) >= 11 is 1.20. The van der Waals surface area contributed by atoms with Gasteiger partial charge in [-0.2, -0.15) is 0 Å². The maximum Gasteiger partial charge on any atom is 0.407 e. The summed E-state index contributed by atoms with van der Waals surface area (Å²) in [7, 11) is 1.42. The highest BCUT2D eigenvalue weighted by Crippen LogP contribution is 2.46. The molecule has 0 radical (unpaired) electrons. The summed E-state index contributed by atoms with van der Waals surface area (Å²) in [4.78, 5) is 60.6. The van der Waals surface area contributed by atoms with Gasteiger partial charge in [0.2, 0.25) is 5.91 Å². The maximum absolute atomic E-state index is 13.6. The third-order valence-electron chi connectivity index (χ3n) is 7.87. The Labute approximate surface area is 268 Å². The molecular formula is C33H32N6O6S. The number of carbonyl (C=O) groups excluding carboxylic acids is 3. The number of hydrogen-bond acceptors (Lipinski definition) is 7. The molecule has 236 valence electrons. The Morgan fingerprint density at radius 3 is 2.72 bits per heavy atom. The molecular weight excluding hydrogens is 608 g/mol. The molecule has 0 aliphatic carbocycles. The standard InChI is InChI=1S/C33H32N6O6S/c1-20-18-23(45-22-9-4-3-5-10-22)12-13-24(20)39-25-14-15-34-31-27(25)28(36-32(39)42)29(46-31)30(41)35-21-8-6-17-38(19-21)26(40)11-7-16-37(2)33(43)44/h3-5,7,9-15,18,21H,6,8,16-17,19H2,1-2H3,(H,35,41)(H,36,42)(H,43,44)/t21-/m1/s1. The summed E-state index contributed by atoms with van der Waals surface area (Å²) in [6, 6.07) is 16.0. The van der Waals surface area contributed by atoms with Gasteiger partial charge >= 0.3 is 12.1 Å². The Bertz CT molecular complexity index is 1860. The lowest BCUT2D eigenvalue weighted by atomic mass is 10.0. The van der Waals surface area contributed by atoms with E-state index >= 15 is 0 Å². The Morgan fingerprint density at radius 2 is 1.96 bits per heavy atom. The molecule has 2 aliphatic rings. The number of likely N-dealkylation sites (N-methyl/N-ethyl adjacent to an activating group) is 1. The number of urea groups is 1. The highest BCUT2D eigenvalue weighted by atomic mass is 32.1. The molecule has 5 amide bonds. The van der Waals surface area contributed by atoms with E-state index < -0.39 is 12.1 Å². The van der Waals surface area contributed by atoms with Crippen LogP contribution >= 0.6 is 11.3 Å². The van der Waals surface area contributed by atoms with Crippen LogP contribution in [0.5, 0.6) is 11.5 Å². The van der Waals surface area contributed by atoms with Crippen LogP contribution in [0, 0.1) is 6.92 Å². The minimum absolute atomic E-state index is 0.0938. The van der Waals surface area contributed by atoms with Crippen molar-refractivity contribution in [1.29, 1.82) is 0 Å². The summed E-state index contributed by atoms with van der Waals surface area (Å²) in [6.07, 6.45) is 4.80. The van der Waals surface area contributed by atoms with Crippen molar-refractivity contribution in [2.24, 2.45) is 0 Å². The van der Waals surface area contributed by atoms with Gasteiger partial charge in [-0.1, -0.05) is 24.3 Å². The van der Waals surface area contributed by atoms with Crippen molar-refractivity contribution in [1.82, 2.24) is 20.1 Å². The SMILES string of the molecule is Cc1cc(Oc2ccccc2)ccc1N1C(=O)Nc2c(C(=O)N[C@@H]3CCCN(C(=O)C=CCN(C)C(=O)O)C3)sc3nccc1c23. The van der Waals surface area contributed by atoms with Crippen LogP contribution in [0.3, 0.4) is 0 Å². The fourth-order valence-electron chi connectivity index (χ4n) is 5.59. The fraction of sp³-hybridized carbons (Fsp3) is 0.242. The molecule has 2 aromatic carbocycles. The van der Waals surface area contributed by atoms with Crippen LogP contribution in [0.2, 0.25) is 0 Å². The van der Waals surface area contributed by atoms with E-state index in [1.807, 2.05) is 55.5 Å². The van der Waals surface area contributed by atoms with E-state index in [1.165, 1.54) is 30.5 Å². The normalized spacial score (nSPS) is 16.0. The quantitative estimate of drug-likeness (QED) is 0.201. The molecule has 3 N–H and O–H groups in total. The van der Waals surface area contributed by atoms with Crippen molar-refractivity contribution in [2.75, 3.05) is 36.9 Å². The zero-order valence-electron chi connectivity index (χ0n) is 25.2. The number of nitrogens with one attached hydrogen (secondary N) is 2. The Balaban J connectivity index is 1.19. The monoisotopic (exact) mass is 640 g/mol. The number of piperidine rings is 1. The van der Waals surface area contributed by atoms with Gasteiger partial charge in [0.25, 0.3) is 5.91 Å². The lowest BCUT2D eigenvalue weighted by Crippen LogP contribution is -2.49. The molecule has 6 rings (SSSR count). The highest BCUT2D eigenvalue weighted by molar-refractivity contribution is 7.21. The van der Waals surface area contributed by atoms with Gasteiger partial charge < -0.3 is 30.3 Å². The molecule has 13 heteroatoms. The number of rotatable bonds is 8. The molecule has 4 heterocycles. The van der Waals surface area contributed by atoms with Crippen molar-refractivity contribution in [3.8, 4) is 11.5 Å². The van der Waals surface area contributed by atoms with Crippen LogP contribution in [0.25, 0.3) is 10.2 Å². The molecule has 2 aliphatic heterocycles. The number of benzene rings is 2. The number of carbonyl (C=O) groups is 4. The van der Waals surface area contributed by atoms with E-state index in [2.05, 4.69) is 15.6 Å². The summed E-state index contributed by atoms with van der Waals surface area (Å²) in [5.41, 5.74) is 2.53. The Hall–Kier alpha value is -5.43. The summed E-state index contributed by atoms with van der Waals surface area (Å²) in [5, 5.41) is 15.6. The average Bonchev–Trinajstić information content (AvgIpc) is 3.41. The number of pyridine rings is 1. The number of aryl methyl sites for hydroxylation is 1. The zero-order chi connectivity index (χ0) is 32.4. The van der Waals surface area contributed by atoms with E-state index in [9.17, 15) is 19.2 Å². The molecule has 1 atom stereocenters. The van der Waals surface area contributed by atoms with Gasteiger partial charge in [-0.15, -0.1) is 11.3 Å². The molecule has 0 bridgehead atoms. The molecule has 0 saturated carbocycles. The molecule has 1 saturated heterocycles. The van der Waals surface area contributed by atoms with Crippen LogP contribution in [0.4, 0.5) is 26.7 Å². The van der Waals surface area contributed by atoms with Gasteiger partial charge in [-0.05, 0) is 61.7 Å². The number of ether oxygens (including phenoxy) is 1. The van der Waals surface area contributed by atoms with Gasteiger partial charge in [0.15, 0.2) is 0 Å². The molecule has 2 aromatic heterocycles. The lowest BCUT2D eigenvalue weighted by Gasteiger charge is -2.32. The number of nitrogens with zero attached hydrogens (tertiary/aromatic N) is 4. The molecule has 12 nitrogen and oxygen atoms in total. The van der Waals surface area contributed by atoms with Gasteiger partial charge in [-0.3, -0.25) is 14.5 Å². The summed E-state index contributed by atoms with van der Waals surface area (Å²) < 4.78 is 5.97. The number of thiophene rings is 1. The predicted molar refractivity (Wildman–Crippen MR) is 175 cm³/mol. The minimum Gasteiger partial charge on any atom is -0.465 e. The van der Waals surface area contributed by atoms with E-state index in [0.717, 1.165) is 10.5 Å². The van der Waals surface area contributed by atoms with Crippen molar-refractivity contribution < 1.29 is 29.0 Å². The van der Waals surface area contributed by atoms with E-state index in [1.54, 1.807) is 22.1 Å². The first-order chi connectivity index (χ1) is 22.2. The average molecular weight is 641 g/mol. The van der Waals surface area contributed by atoms with Crippen molar-refractivity contribution in [2.45, 2.75) is 25.8 Å². The smallest absolute Gasteiger partial charge is 0.407 e. The van der Waals surface area contributed by atoms with Gasteiger partial charge in [0, 0.05) is 45.0 Å². The number of para-hydroxylation sites is 1. The van der Waals surface area contributed by atoms with E-state index in [-0.39, 0.29) is 24.4 Å². The second-order valence-corrected chi connectivity index (χ2v) is 12.1. The molecule has 0 unspecified atom stereocenters. The third kappa shape index (κ3) is 6.22. The second kappa shape index (κ2) is 12.9. The number of hydrogen-bond donors (Lipinski definition) is 3.